The Morgan fingerprint density at radius 3 is 2.15 bits per heavy atom. The highest BCUT2D eigenvalue weighted by molar-refractivity contribution is 5.86. The molecule has 98 valence electrons. The van der Waals surface area contributed by atoms with Gasteiger partial charge < -0.3 is 9.90 Å². The Morgan fingerprint density at radius 1 is 1.10 bits per heavy atom. The Labute approximate surface area is 117 Å². The lowest BCUT2D eigenvalue weighted by Crippen LogP contribution is -2.21. The smallest absolute Gasteiger partial charge is 0.311 e. The summed E-state index contributed by atoms with van der Waals surface area (Å²) in [5.41, 5.74) is 3.02. The van der Waals surface area contributed by atoms with Gasteiger partial charge in [-0.1, -0.05) is 47.8 Å². The second kappa shape index (κ2) is 6.35. The lowest BCUT2D eigenvalue weighted by atomic mass is 10.0. The van der Waals surface area contributed by atoms with Crippen LogP contribution in [0.1, 0.15) is 15.9 Å². The topological polar surface area (TPSA) is 44.5 Å². The van der Waals surface area contributed by atoms with E-state index in [1.165, 1.54) is 12.1 Å². The molecule has 0 aliphatic heterocycles. The van der Waals surface area contributed by atoms with Crippen molar-refractivity contribution in [1.29, 1.82) is 0 Å². The number of nitrogens with zero attached hydrogens (tertiary/aromatic N) is 1. The van der Waals surface area contributed by atoms with E-state index in [0.717, 1.165) is 16.7 Å². The van der Waals surface area contributed by atoms with Gasteiger partial charge in [-0.05, 0) is 34.9 Å². The van der Waals surface area contributed by atoms with Crippen LogP contribution in [0.5, 0.6) is 0 Å². The van der Waals surface area contributed by atoms with Crippen LogP contribution in [-0.2, 0) is 0 Å². The predicted molar refractivity (Wildman–Crippen MR) is 77.6 cm³/mol. The van der Waals surface area contributed by atoms with Crippen LogP contribution in [0.4, 0.5) is 0 Å². The molecule has 2 aromatic rings. The minimum Gasteiger partial charge on any atom is -0.545 e. The summed E-state index contributed by atoms with van der Waals surface area (Å²) in [7, 11) is 0. The maximum Gasteiger partial charge on any atom is 0.311 e. The molecule has 0 aliphatic carbocycles. The zero-order valence-electron chi connectivity index (χ0n) is 10.9. The summed E-state index contributed by atoms with van der Waals surface area (Å²) >= 11 is 0. The zero-order valence-corrected chi connectivity index (χ0v) is 10.9. The number of hydrogen-bond donors (Lipinski definition) is 0. The quantitative estimate of drug-likeness (QED) is 0.799. The Hall–Kier alpha value is -2.86. The van der Waals surface area contributed by atoms with E-state index >= 15 is 0 Å². The minimum absolute atomic E-state index is 0.176. The summed E-state index contributed by atoms with van der Waals surface area (Å²) in [6, 6.07) is 17.2. The van der Waals surface area contributed by atoms with E-state index in [-0.39, 0.29) is 5.56 Å². The SMILES string of the molecule is C=CC[N+]#Cc1ccc(-c2ccc(C(=O)[O-])cc2)cc1. The van der Waals surface area contributed by atoms with Gasteiger partial charge in [0.15, 0.2) is 0 Å². The van der Waals surface area contributed by atoms with Crippen LogP contribution < -0.4 is 5.11 Å². The van der Waals surface area contributed by atoms with Gasteiger partial charge in [-0.25, -0.2) is 0 Å². The molecule has 0 atom stereocenters. The van der Waals surface area contributed by atoms with Gasteiger partial charge in [-0.3, -0.25) is 0 Å². The fourth-order valence-electron chi connectivity index (χ4n) is 1.74. The summed E-state index contributed by atoms with van der Waals surface area (Å²) in [5.74, 6) is -1.17. The molecule has 3 nitrogen and oxygen atoms in total. The van der Waals surface area contributed by atoms with Crippen molar-refractivity contribution in [1.82, 2.24) is 0 Å². The van der Waals surface area contributed by atoms with E-state index in [1.807, 2.05) is 24.3 Å². The van der Waals surface area contributed by atoms with Gasteiger partial charge >= 0.3 is 6.07 Å². The molecule has 0 spiro atoms. The second-order valence-corrected chi connectivity index (χ2v) is 4.18. The molecular weight excluding hydrogens is 250 g/mol. The number of carboxylic acids is 1. The molecule has 0 amide bonds. The Kier molecular flexibility index (Phi) is 4.31. The fourth-order valence-corrected chi connectivity index (χ4v) is 1.74. The monoisotopic (exact) mass is 263 g/mol. The molecule has 0 radical (unpaired) electrons. The maximum absolute atomic E-state index is 10.7. The average molecular weight is 263 g/mol. The number of benzene rings is 2. The van der Waals surface area contributed by atoms with Gasteiger partial charge in [0.25, 0.3) is 6.54 Å². The van der Waals surface area contributed by atoms with Crippen LogP contribution in [0.3, 0.4) is 0 Å². The van der Waals surface area contributed by atoms with E-state index in [1.54, 1.807) is 18.2 Å². The Morgan fingerprint density at radius 2 is 1.65 bits per heavy atom. The van der Waals surface area contributed by atoms with Gasteiger partial charge in [0.05, 0.1) is 5.97 Å². The summed E-state index contributed by atoms with van der Waals surface area (Å²) in [4.78, 5) is 14.7. The minimum atomic E-state index is -1.17. The van der Waals surface area contributed by atoms with Gasteiger partial charge in [0.1, 0.15) is 5.56 Å². The van der Waals surface area contributed by atoms with Gasteiger partial charge in [0.2, 0.25) is 0 Å². The van der Waals surface area contributed by atoms with Crippen molar-refractivity contribution in [2.75, 3.05) is 6.54 Å². The van der Waals surface area contributed by atoms with Crippen molar-refractivity contribution in [3.63, 3.8) is 0 Å². The molecule has 0 bridgehead atoms. The molecule has 0 aliphatic rings. The van der Waals surface area contributed by atoms with Crippen LogP contribution in [0.25, 0.3) is 16.0 Å². The molecule has 0 saturated heterocycles. The normalized spacial score (nSPS) is 9.40. The highest BCUT2D eigenvalue weighted by Gasteiger charge is 2.00. The lowest BCUT2D eigenvalue weighted by Gasteiger charge is -2.04. The van der Waals surface area contributed by atoms with Gasteiger partial charge in [-0.15, -0.1) is 0 Å². The largest absolute Gasteiger partial charge is 0.545 e. The predicted octanol–water partition coefficient (Wildman–Crippen LogP) is 2.58. The zero-order chi connectivity index (χ0) is 14.4. The summed E-state index contributed by atoms with van der Waals surface area (Å²) in [6.45, 7) is 4.13. The van der Waals surface area contributed by atoms with Crippen LogP contribution in [0.15, 0.2) is 61.2 Å². The Balaban J connectivity index is 2.19. The molecule has 0 N–H and O–H groups in total. The summed E-state index contributed by atoms with van der Waals surface area (Å²) in [5, 5.41) is 10.7. The number of carboxylic acid groups (broad SMARTS) is 1. The van der Waals surface area contributed by atoms with E-state index in [0.29, 0.717) is 6.54 Å². The van der Waals surface area contributed by atoms with Crippen molar-refractivity contribution in [3.05, 3.63) is 77.2 Å². The standard InChI is InChI=1S/C17H13NO2/c1-2-11-18-12-13-3-5-14(6-4-13)15-7-9-16(10-8-15)17(19)20/h2-10H,1,11H2. The first-order chi connectivity index (χ1) is 9.70. The first kappa shape index (κ1) is 13.6. The van der Waals surface area contributed by atoms with Gasteiger partial charge in [0, 0.05) is 0 Å². The molecule has 0 aromatic heterocycles. The second-order valence-electron chi connectivity index (χ2n) is 4.18. The number of carbonyl (C=O) groups excluding carboxylic acids is 1. The van der Waals surface area contributed by atoms with Crippen LogP contribution in [0, 0.1) is 6.07 Å². The molecule has 2 rings (SSSR count). The molecule has 0 heterocycles. The molecule has 0 fully saturated rings. The number of aromatic carboxylic acids is 1. The van der Waals surface area contributed by atoms with Crippen LogP contribution in [0.2, 0.25) is 0 Å². The fraction of sp³-hybridized carbons (Fsp3) is 0.0588. The average Bonchev–Trinajstić information content (AvgIpc) is 2.48. The van der Waals surface area contributed by atoms with Crippen LogP contribution >= 0.6 is 0 Å². The molecule has 3 heteroatoms. The third-order valence-corrected chi connectivity index (χ3v) is 2.77. The molecule has 0 unspecified atom stereocenters. The molecule has 20 heavy (non-hydrogen) atoms. The van der Waals surface area contributed by atoms with Gasteiger partial charge in [-0.2, -0.15) is 0 Å². The van der Waals surface area contributed by atoms with Crippen molar-refractivity contribution >= 4 is 5.97 Å². The maximum atomic E-state index is 10.7. The third kappa shape index (κ3) is 3.33. The van der Waals surface area contributed by atoms with E-state index in [2.05, 4.69) is 17.5 Å². The first-order valence-corrected chi connectivity index (χ1v) is 6.16. The lowest BCUT2D eigenvalue weighted by molar-refractivity contribution is -0.255. The van der Waals surface area contributed by atoms with Crippen molar-refractivity contribution in [2.24, 2.45) is 0 Å². The third-order valence-electron chi connectivity index (χ3n) is 2.77. The molecule has 2 aromatic carbocycles. The first-order valence-electron chi connectivity index (χ1n) is 6.16. The number of rotatable bonds is 3. The highest BCUT2D eigenvalue weighted by Crippen LogP contribution is 2.20. The van der Waals surface area contributed by atoms with Crippen molar-refractivity contribution < 1.29 is 9.90 Å². The highest BCUT2D eigenvalue weighted by atomic mass is 16.4. The Bertz CT molecular complexity index is 674. The van der Waals surface area contributed by atoms with Crippen LogP contribution in [-0.4, -0.2) is 12.5 Å². The van der Waals surface area contributed by atoms with Crippen molar-refractivity contribution in [3.8, 4) is 17.2 Å². The number of hydrogen-bond acceptors (Lipinski definition) is 2. The van der Waals surface area contributed by atoms with E-state index in [9.17, 15) is 9.90 Å². The molecular formula is C17H13NO2. The van der Waals surface area contributed by atoms with E-state index < -0.39 is 5.97 Å². The molecule has 0 saturated carbocycles. The van der Waals surface area contributed by atoms with Crippen molar-refractivity contribution in [2.45, 2.75) is 0 Å². The summed E-state index contributed by atoms with van der Waals surface area (Å²) in [6.07, 6.45) is 1.71. The van der Waals surface area contributed by atoms with E-state index in [4.69, 9.17) is 0 Å². The number of carbonyl (C=O) groups is 1. The summed E-state index contributed by atoms with van der Waals surface area (Å²) < 4.78 is 0.